The van der Waals surface area contributed by atoms with Gasteiger partial charge in [0.2, 0.25) is 0 Å². The number of H-pyrrole nitrogens is 1. The fourth-order valence-corrected chi connectivity index (χ4v) is 2.78. The van der Waals surface area contributed by atoms with Gasteiger partial charge in [0.05, 0.1) is 12.1 Å². The summed E-state index contributed by atoms with van der Waals surface area (Å²) < 4.78 is 5.61. The van der Waals surface area contributed by atoms with Gasteiger partial charge < -0.3 is 15.0 Å². The minimum absolute atomic E-state index is 0.151. The Bertz CT molecular complexity index is 1170. The molecule has 5 heteroatoms. The lowest BCUT2D eigenvalue weighted by atomic mass is 10.1. The minimum atomic E-state index is -0.151. The first-order valence-corrected chi connectivity index (χ1v) is 8.58. The summed E-state index contributed by atoms with van der Waals surface area (Å²) in [6.45, 7) is 0.521. The molecule has 0 unspecified atom stereocenters. The highest BCUT2D eigenvalue weighted by atomic mass is 16.5. The number of hydrogen-bond acceptors (Lipinski definition) is 3. The van der Waals surface area contributed by atoms with Gasteiger partial charge in [-0.1, -0.05) is 24.0 Å². The molecule has 0 spiro atoms. The Morgan fingerprint density at radius 2 is 2.00 bits per heavy atom. The number of carbonyl (C=O) groups is 1. The molecule has 4 rings (SSSR count). The fraction of sp³-hybridized carbons (Fsp3) is 0.0909. The second-order valence-corrected chi connectivity index (χ2v) is 5.96. The van der Waals surface area contributed by atoms with Crippen molar-refractivity contribution in [1.29, 1.82) is 0 Å². The van der Waals surface area contributed by atoms with Gasteiger partial charge in [-0.05, 0) is 41.8 Å². The number of nitrogens with one attached hydrogen (secondary N) is 2. The molecule has 132 valence electrons. The van der Waals surface area contributed by atoms with Crippen molar-refractivity contribution in [3.63, 3.8) is 0 Å². The van der Waals surface area contributed by atoms with Crippen molar-refractivity contribution in [2.24, 2.45) is 0 Å². The Labute approximate surface area is 156 Å². The van der Waals surface area contributed by atoms with Gasteiger partial charge in [0.1, 0.15) is 12.4 Å². The summed E-state index contributed by atoms with van der Waals surface area (Å²) in [6, 6.07) is 17.2. The molecule has 1 amide bonds. The van der Waals surface area contributed by atoms with Crippen LogP contribution in [0.25, 0.3) is 21.8 Å². The Morgan fingerprint density at radius 1 is 1.07 bits per heavy atom. The average Bonchev–Trinajstić information content (AvgIpc) is 3.18. The molecule has 0 bridgehead atoms. The van der Waals surface area contributed by atoms with Crippen LogP contribution in [0.4, 0.5) is 0 Å². The predicted octanol–water partition coefficient (Wildman–Crippen LogP) is 3.53. The smallest absolute Gasteiger partial charge is 0.252 e. The summed E-state index contributed by atoms with van der Waals surface area (Å²) in [7, 11) is 0. The van der Waals surface area contributed by atoms with Crippen molar-refractivity contribution in [1.82, 2.24) is 15.3 Å². The number of ether oxygens (including phenoxy) is 1. The zero-order chi connectivity index (χ0) is 18.5. The van der Waals surface area contributed by atoms with E-state index in [0.717, 1.165) is 27.6 Å². The normalized spacial score (nSPS) is 10.4. The van der Waals surface area contributed by atoms with Crippen molar-refractivity contribution in [3.8, 4) is 17.6 Å². The van der Waals surface area contributed by atoms with Gasteiger partial charge >= 0.3 is 0 Å². The van der Waals surface area contributed by atoms with Crippen LogP contribution >= 0.6 is 0 Å². The Kier molecular flexibility index (Phi) is 4.71. The van der Waals surface area contributed by atoms with Gasteiger partial charge in [-0.2, -0.15) is 0 Å². The van der Waals surface area contributed by atoms with Crippen LogP contribution in [-0.4, -0.2) is 29.0 Å². The van der Waals surface area contributed by atoms with Gasteiger partial charge in [-0.25, -0.2) is 0 Å². The van der Waals surface area contributed by atoms with E-state index in [2.05, 4.69) is 27.1 Å². The highest BCUT2D eigenvalue weighted by Crippen LogP contribution is 2.18. The third-order valence-electron chi connectivity index (χ3n) is 4.17. The second-order valence-electron chi connectivity index (χ2n) is 5.96. The molecule has 0 atom stereocenters. The van der Waals surface area contributed by atoms with E-state index < -0.39 is 0 Å². The average molecular weight is 355 g/mol. The molecule has 0 aliphatic rings. The summed E-state index contributed by atoms with van der Waals surface area (Å²) in [4.78, 5) is 19.6. The minimum Gasteiger partial charge on any atom is -0.481 e. The van der Waals surface area contributed by atoms with Crippen LogP contribution in [0, 0.1) is 11.8 Å². The first-order valence-electron chi connectivity index (χ1n) is 8.58. The fourth-order valence-electron chi connectivity index (χ4n) is 2.78. The molecule has 0 saturated heterocycles. The highest BCUT2D eigenvalue weighted by molar-refractivity contribution is 5.98. The number of aromatic amines is 1. The first-order chi connectivity index (χ1) is 13.3. The first kappa shape index (κ1) is 16.7. The summed E-state index contributed by atoms with van der Waals surface area (Å²) in [5.74, 6) is 6.37. The standard InChI is InChI=1S/C22H17N3O2/c26-22(18-6-5-17-9-12-24-20(17)14-18)25-10-1-2-13-27-19-8-7-16-4-3-11-23-21(16)15-19/h3-9,11-12,14-15,24H,10,13H2,(H,25,26). The highest BCUT2D eigenvalue weighted by Gasteiger charge is 2.05. The third kappa shape index (κ3) is 3.91. The van der Waals surface area contributed by atoms with Crippen molar-refractivity contribution < 1.29 is 9.53 Å². The number of nitrogens with zero attached hydrogens (tertiary/aromatic N) is 1. The van der Waals surface area contributed by atoms with E-state index in [0.29, 0.717) is 5.56 Å². The van der Waals surface area contributed by atoms with E-state index in [9.17, 15) is 4.79 Å². The molecular weight excluding hydrogens is 338 g/mol. The Hall–Kier alpha value is -3.78. The zero-order valence-electron chi connectivity index (χ0n) is 14.5. The lowest BCUT2D eigenvalue weighted by Crippen LogP contribution is -2.23. The maximum absolute atomic E-state index is 12.2. The summed E-state index contributed by atoms with van der Waals surface area (Å²) in [5, 5.41) is 4.93. The van der Waals surface area contributed by atoms with Crippen molar-refractivity contribution in [2.75, 3.05) is 13.2 Å². The van der Waals surface area contributed by atoms with Crippen LogP contribution in [0.15, 0.2) is 67.0 Å². The predicted molar refractivity (Wildman–Crippen MR) is 106 cm³/mol. The summed E-state index contributed by atoms with van der Waals surface area (Å²) in [5.41, 5.74) is 2.42. The molecule has 2 aromatic carbocycles. The number of amides is 1. The van der Waals surface area contributed by atoms with E-state index in [1.54, 1.807) is 12.3 Å². The van der Waals surface area contributed by atoms with Gasteiger partial charge in [0.15, 0.2) is 0 Å². The number of benzene rings is 2. The van der Waals surface area contributed by atoms with E-state index in [1.165, 1.54) is 0 Å². The number of rotatable bonds is 4. The summed E-state index contributed by atoms with van der Waals surface area (Å²) >= 11 is 0. The topological polar surface area (TPSA) is 67.0 Å². The van der Waals surface area contributed by atoms with Crippen molar-refractivity contribution in [2.45, 2.75) is 0 Å². The van der Waals surface area contributed by atoms with Crippen molar-refractivity contribution >= 4 is 27.7 Å². The van der Waals surface area contributed by atoms with Gasteiger partial charge in [-0.3, -0.25) is 9.78 Å². The Balaban J connectivity index is 1.27. The number of carbonyl (C=O) groups excluding carboxylic acids is 1. The van der Waals surface area contributed by atoms with Crippen LogP contribution in [0.5, 0.6) is 5.75 Å². The molecule has 0 aliphatic carbocycles. The lowest BCUT2D eigenvalue weighted by Gasteiger charge is -2.03. The third-order valence-corrected chi connectivity index (χ3v) is 4.17. The molecule has 0 saturated carbocycles. The van der Waals surface area contributed by atoms with Gasteiger partial charge in [0.25, 0.3) is 5.91 Å². The number of pyridine rings is 1. The van der Waals surface area contributed by atoms with Crippen molar-refractivity contribution in [3.05, 3.63) is 72.6 Å². The second kappa shape index (κ2) is 7.63. The van der Waals surface area contributed by atoms with E-state index in [1.807, 2.05) is 54.7 Å². The number of aromatic nitrogens is 2. The molecule has 2 heterocycles. The van der Waals surface area contributed by atoms with Gasteiger partial charge in [0, 0.05) is 34.9 Å². The van der Waals surface area contributed by atoms with E-state index in [-0.39, 0.29) is 19.1 Å². The molecular formula is C22H17N3O2. The largest absolute Gasteiger partial charge is 0.481 e. The monoisotopic (exact) mass is 355 g/mol. The number of fused-ring (bicyclic) bond motifs is 2. The van der Waals surface area contributed by atoms with Crippen LogP contribution in [0.1, 0.15) is 10.4 Å². The van der Waals surface area contributed by atoms with Crippen LogP contribution in [0.2, 0.25) is 0 Å². The maximum atomic E-state index is 12.2. The molecule has 2 aromatic heterocycles. The van der Waals surface area contributed by atoms with E-state index >= 15 is 0 Å². The van der Waals surface area contributed by atoms with Crippen LogP contribution < -0.4 is 10.1 Å². The molecule has 0 radical (unpaired) electrons. The van der Waals surface area contributed by atoms with Crippen LogP contribution in [0.3, 0.4) is 0 Å². The quantitative estimate of drug-likeness (QED) is 0.550. The molecule has 27 heavy (non-hydrogen) atoms. The number of hydrogen-bond donors (Lipinski definition) is 2. The zero-order valence-corrected chi connectivity index (χ0v) is 14.5. The molecule has 5 nitrogen and oxygen atoms in total. The van der Waals surface area contributed by atoms with E-state index in [4.69, 9.17) is 4.74 Å². The van der Waals surface area contributed by atoms with Gasteiger partial charge in [-0.15, -0.1) is 0 Å². The molecule has 0 fully saturated rings. The maximum Gasteiger partial charge on any atom is 0.252 e. The molecule has 4 aromatic rings. The van der Waals surface area contributed by atoms with Crippen LogP contribution in [-0.2, 0) is 0 Å². The summed E-state index contributed by atoms with van der Waals surface area (Å²) in [6.07, 6.45) is 3.60. The SMILES string of the molecule is O=C(NCC#CCOc1ccc2cccnc2c1)c1ccc2cc[nH]c2c1. The lowest BCUT2D eigenvalue weighted by molar-refractivity contribution is 0.0959. The Morgan fingerprint density at radius 3 is 2.96 bits per heavy atom. The molecule has 0 aliphatic heterocycles. The molecule has 2 N–H and O–H groups in total.